The van der Waals surface area contributed by atoms with Crippen molar-refractivity contribution in [1.29, 1.82) is 0 Å². The van der Waals surface area contributed by atoms with E-state index in [4.69, 9.17) is 4.42 Å². The van der Waals surface area contributed by atoms with Crippen LogP contribution in [0.3, 0.4) is 0 Å². The highest BCUT2D eigenvalue weighted by atomic mass is 79.9. The van der Waals surface area contributed by atoms with Crippen LogP contribution in [0.2, 0.25) is 0 Å². The van der Waals surface area contributed by atoms with Crippen molar-refractivity contribution in [3.8, 4) is 0 Å². The van der Waals surface area contributed by atoms with Crippen molar-refractivity contribution in [2.45, 2.75) is 56.4 Å². The maximum Gasteiger partial charge on any atom is 0.235 e. The smallest absolute Gasteiger partial charge is 0.235 e. The lowest BCUT2D eigenvalue weighted by Gasteiger charge is -2.25. The summed E-state index contributed by atoms with van der Waals surface area (Å²) in [7, 11) is 0. The molecule has 0 saturated heterocycles. The highest BCUT2D eigenvalue weighted by Crippen LogP contribution is 2.51. The summed E-state index contributed by atoms with van der Waals surface area (Å²) in [5.74, 6) is 2.13. The van der Waals surface area contributed by atoms with Crippen molar-refractivity contribution in [3.63, 3.8) is 0 Å². The molecule has 4 nitrogen and oxygen atoms in total. The maximum atomic E-state index is 5.89. The van der Waals surface area contributed by atoms with Crippen LogP contribution in [0, 0.1) is 0 Å². The van der Waals surface area contributed by atoms with Gasteiger partial charge >= 0.3 is 0 Å². The van der Waals surface area contributed by atoms with Gasteiger partial charge < -0.3 is 9.32 Å². The van der Waals surface area contributed by atoms with E-state index in [1.54, 1.807) is 0 Å². The van der Waals surface area contributed by atoms with Gasteiger partial charge in [0.1, 0.15) is 0 Å². The molecule has 120 valence electrons. The van der Waals surface area contributed by atoms with Gasteiger partial charge in [-0.15, -0.1) is 10.2 Å². The second-order valence-electron chi connectivity index (χ2n) is 7.31. The normalized spacial score (nSPS) is 22.0. The SMILES string of the molecule is Brc1ccc2c(c1)C1(CCCC1)CN2Cc1nnc(C2CC2)o1. The third-order valence-electron chi connectivity index (χ3n) is 5.66. The summed E-state index contributed by atoms with van der Waals surface area (Å²) in [6.07, 6.45) is 7.67. The van der Waals surface area contributed by atoms with E-state index in [0.29, 0.717) is 11.3 Å². The molecule has 0 N–H and O–H groups in total. The number of halogens is 1. The molecule has 2 heterocycles. The molecule has 3 aliphatic rings. The average Bonchev–Trinajstić information content (AvgIpc) is 3.00. The molecule has 0 unspecified atom stereocenters. The second kappa shape index (κ2) is 5.07. The monoisotopic (exact) mass is 373 g/mol. The van der Waals surface area contributed by atoms with Crippen molar-refractivity contribution in [2.24, 2.45) is 0 Å². The standard InChI is InChI=1S/C18H20BrN3O/c19-13-5-6-15-14(9-13)18(7-1-2-8-18)11-22(15)10-16-20-21-17(23-16)12-3-4-12/h5-6,9,12H,1-4,7-8,10-11H2. The summed E-state index contributed by atoms with van der Waals surface area (Å²) in [5, 5.41) is 8.51. The van der Waals surface area contributed by atoms with Crippen LogP contribution in [0.15, 0.2) is 27.1 Å². The van der Waals surface area contributed by atoms with Crippen LogP contribution < -0.4 is 4.90 Å². The lowest BCUT2D eigenvalue weighted by atomic mass is 9.81. The van der Waals surface area contributed by atoms with Crippen LogP contribution in [0.4, 0.5) is 5.69 Å². The molecular weight excluding hydrogens is 354 g/mol. The molecule has 2 aromatic rings. The van der Waals surface area contributed by atoms with Gasteiger partial charge in [0.15, 0.2) is 0 Å². The summed E-state index contributed by atoms with van der Waals surface area (Å²) in [5.41, 5.74) is 3.19. The highest BCUT2D eigenvalue weighted by molar-refractivity contribution is 9.10. The first-order valence-corrected chi connectivity index (χ1v) is 9.40. The lowest BCUT2D eigenvalue weighted by Crippen LogP contribution is -2.30. The first-order chi connectivity index (χ1) is 11.2. The van der Waals surface area contributed by atoms with E-state index < -0.39 is 0 Å². The molecule has 2 saturated carbocycles. The van der Waals surface area contributed by atoms with E-state index in [1.807, 2.05) is 0 Å². The fourth-order valence-corrected chi connectivity index (χ4v) is 4.71. The zero-order chi connectivity index (χ0) is 15.4. The Morgan fingerprint density at radius 1 is 1.22 bits per heavy atom. The van der Waals surface area contributed by atoms with E-state index in [0.717, 1.165) is 24.9 Å². The summed E-state index contributed by atoms with van der Waals surface area (Å²) >= 11 is 3.65. The predicted octanol–water partition coefficient (Wildman–Crippen LogP) is 4.54. The van der Waals surface area contributed by atoms with Crippen LogP contribution in [0.1, 0.15) is 61.8 Å². The summed E-state index contributed by atoms with van der Waals surface area (Å²) in [6.45, 7) is 1.82. The Labute approximate surface area is 144 Å². The number of aromatic nitrogens is 2. The quantitative estimate of drug-likeness (QED) is 0.791. The molecule has 5 rings (SSSR count). The van der Waals surface area contributed by atoms with E-state index in [1.165, 1.54) is 54.2 Å². The fourth-order valence-electron chi connectivity index (χ4n) is 4.35. The van der Waals surface area contributed by atoms with E-state index in [-0.39, 0.29) is 0 Å². The molecule has 0 amide bonds. The van der Waals surface area contributed by atoms with Crippen molar-refractivity contribution in [1.82, 2.24) is 10.2 Å². The van der Waals surface area contributed by atoms with Gasteiger partial charge in [-0.2, -0.15) is 0 Å². The number of fused-ring (bicyclic) bond motifs is 2. The summed E-state index contributed by atoms with van der Waals surface area (Å²) in [4.78, 5) is 2.44. The molecule has 1 spiro atoms. The predicted molar refractivity (Wildman–Crippen MR) is 91.6 cm³/mol. The van der Waals surface area contributed by atoms with Crippen LogP contribution in [-0.2, 0) is 12.0 Å². The number of hydrogen-bond acceptors (Lipinski definition) is 4. The molecule has 2 aliphatic carbocycles. The van der Waals surface area contributed by atoms with Crippen LogP contribution in [-0.4, -0.2) is 16.7 Å². The molecule has 1 aliphatic heterocycles. The molecule has 1 aromatic carbocycles. The Balaban J connectivity index is 1.46. The highest BCUT2D eigenvalue weighted by Gasteiger charge is 2.44. The van der Waals surface area contributed by atoms with Crippen molar-refractivity contribution >= 4 is 21.6 Å². The zero-order valence-corrected chi connectivity index (χ0v) is 14.7. The Hall–Kier alpha value is -1.36. The largest absolute Gasteiger partial charge is 0.423 e. The van der Waals surface area contributed by atoms with Crippen LogP contribution >= 0.6 is 15.9 Å². The lowest BCUT2D eigenvalue weighted by molar-refractivity contribution is 0.428. The Morgan fingerprint density at radius 2 is 2.04 bits per heavy atom. The summed E-state index contributed by atoms with van der Waals surface area (Å²) < 4.78 is 7.07. The van der Waals surface area contributed by atoms with Gasteiger partial charge in [0.2, 0.25) is 11.8 Å². The molecule has 2 fully saturated rings. The van der Waals surface area contributed by atoms with Gasteiger partial charge in [-0.1, -0.05) is 28.8 Å². The summed E-state index contributed by atoms with van der Waals surface area (Å²) in [6, 6.07) is 6.71. The van der Waals surface area contributed by atoms with Gasteiger partial charge in [-0.05, 0) is 49.4 Å². The van der Waals surface area contributed by atoms with Gasteiger partial charge in [0.25, 0.3) is 0 Å². The minimum Gasteiger partial charge on any atom is -0.423 e. The molecule has 0 atom stereocenters. The first kappa shape index (κ1) is 14.0. The third-order valence-corrected chi connectivity index (χ3v) is 6.15. The molecular formula is C18H20BrN3O. The number of rotatable bonds is 3. The van der Waals surface area contributed by atoms with E-state index in [9.17, 15) is 0 Å². The molecule has 0 radical (unpaired) electrons. The molecule has 0 bridgehead atoms. The first-order valence-electron chi connectivity index (χ1n) is 8.61. The van der Waals surface area contributed by atoms with Gasteiger partial charge in [-0.3, -0.25) is 0 Å². The van der Waals surface area contributed by atoms with Gasteiger partial charge in [0.05, 0.1) is 6.54 Å². The molecule has 23 heavy (non-hydrogen) atoms. The van der Waals surface area contributed by atoms with Gasteiger partial charge in [0, 0.05) is 28.0 Å². The number of benzene rings is 1. The number of hydrogen-bond donors (Lipinski definition) is 0. The number of anilines is 1. The Morgan fingerprint density at radius 3 is 2.83 bits per heavy atom. The van der Waals surface area contributed by atoms with Crippen molar-refractivity contribution in [3.05, 3.63) is 40.0 Å². The van der Waals surface area contributed by atoms with Crippen molar-refractivity contribution in [2.75, 3.05) is 11.4 Å². The third kappa shape index (κ3) is 2.32. The number of nitrogens with zero attached hydrogens (tertiary/aromatic N) is 3. The van der Waals surface area contributed by atoms with Gasteiger partial charge in [-0.25, -0.2) is 0 Å². The van der Waals surface area contributed by atoms with Crippen molar-refractivity contribution < 1.29 is 4.42 Å². The minimum atomic E-state index is 0.332. The topological polar surface area (TPSA) is 42.2 Å². The molecule has 5 heteroatoms. The van der Waals surface area contributed by atoms with E-state index in [2.05, 4.69) is 49.2 Å². The molecule has 1 aromatic heterocycles. The maximum absolute atomic E-state index is 5.89. The van der Waals surface area contributed by atoms with Crippen LogP contribution in [0.25, 0.3) is 0 Å². The fraction of sp³-hybridized carbons (Fsp3) is 0.556. The van der Waals surface area contributed by atoms with Crippen LogP contribution in [0.5, 0.6) is 0 Å². The zero-order valence-electron chi connectivity index (χ0n) is 13.1. The average molecular weight is 374 g/mol. The van der Waals surface area contributed by atoms with E-state index >= 15 is 0 Å². The second-order valence-corrected chi connectivity index (χ2v) is 8.23. The Kier molecular flexibility index (Phi) is 3.09. The minimum absolute atomic E-state index is 0.332. The Bertz CT molecular complexity index is 746.